The predicted octanol–water partition coefficient (Wildman–Crippen LogP) is 4.73. The molecule has 2 atom stereocenters. The zero-order valence-electron chi connectivity index (χ0n) is 19.4. The molecule has 2 unspecified atom stereocenters. The highest BCUT2D eigenvalue weighted by Gasteiger charge is 2.46. The Bertz CT molecular complexity index is 1440. The van der Waals surface area contributed by atoms with E-state index in [-0.39, 0.29) is 29.0 Å². The van der Waals surface area contributed by atoms with Crippen LogP contribution in [0.2, 0.25) is 0 Å². The molecule has 6 rings (SSSR count). The zero-order chi connectivity index (χ0) is 24.8. The van der Waals surface area contributed by atoms with E-state index < -0.39 is 10.7 Å². The number of nitro groups is 1. The van der Waals surface area contributed by atoms with Gasteiger partial charge in [-0.2, -0.15) is 0 Å². The van der Waals surface area contributed by atoms with Crippen molar-refractivity contribution < 1.29 is 14.1 Å². The number of hydrogen-bond donors (Lipinski definition) is 1. The molecule has 9 heteroatoms. The molecule has 1 N–H and O–H groups in total. The van der Waals surface area contributed by atoms with E-state index in [1.54, 1.807) is 6.07 Å². The molecule has 1 aliphatic carbocycles. The van der Waals surface area contributed by atoms with Gasteiger partial charge in [0.25, 0.3) is 5.69 Å². The van der Waals surface area contributed by atoms with Gasteiger partial charge in [0.2, 0.25) is 11.9 Å². The summed E-state index contributed by atoms with van der Waals surface area (Å²) in [4.78, 5) is 35.9. The highest BCUT2D eigenvalue weighted by atomic mass is 19.1. The number of piperazine rings is 1. The van der Waals surface area contributed by atoms with Gasteiger partial charge in [-0.05, 0) is 41.7 Å². The maximum atomic E-state index is 14.4. The number of aromatic nitrogens is 2. The van der Waals surface area contributed by atoms with E-state index in [1.807, 2.05) is 47.4 Å². The molecular weight excluding hydrogens is 461 g/mol. The Morgan fingerprint density at radius 1 is 1.03 bits per heavy atom. The fourth-order valence-electron chi connectivity index (χ4n) is 5.08. The van der Waals surface area contributed by atoms with Gasteiger partial charge in [0.05, 0.1) is 16.0 Å². The van der Waals surface area contributed by atoms with Crippen molar-refractivity contribution in [2.75, 3.05) is 31.1 Å². The van der Waals surface area contributed by atoms with Gasteiger partial charge in [0.1, 0.15) is 5.82 Å². The van der Waals surface area contributed by atoms with Gasteiger partial charge in [0, 0.05) is 49.8 Å². The molecule has 8 nitrogen and oxygen atoms in total. The Morgan fingerprint density at radius 3 is 2.61 bits per heavy atom. The van der Waals surface area contributed by atoms with Gasteiger partial charge in [-0.3, -0.25) is 14.9 Å². The van der Waals surface area contributed by atoms with Gasteiger partial charge in [-0.25, -0.2) is 9.37 Å². The molecule has 1 saturated heterocycles. The molecule has 3 aromatic carbocycles. The van der Waals surface area contributed by atoms with Crippen molar-refractivity contribution in [3.05, 3.63) is 88.2 Å². The minimum Gasteiger partial charge on any atom is -0.339 e. The number of imidazole rings is 1. The summed E-state index contributed by atoms with van der Waals surface area (Å²) >= 11 is 0. The third-order valence-electron chi connectivity index (χ3n) is 7.16. The number of hydrogen-bond acceptors (Lipinski definition) is 5. The lowest BCUT2D eigenvalue weighted by molar-refractivity contribution is -0.384. The summed E-state index contributed by atoms with van der Waals surface area (Å²) in [6.07, 6.45) is 0.753. The number of nitro benzene ring substituents is 1. The Labute approximate surface area is 206 Å². The number of nitrogens with one attached hydrogen (secondary N) is 1. The zero-order valence-corrected chi connectivity index (χ0v) is 19.4. The summed E-state index contributed by atoms with van der Waals surface area (Å²) in [6, 6.07) is 18.8. The van der Waals surface area contributed by atoms with Gasteiger partial charge >= 0.3 is 0 Å². The summed E-state index contributed by atoms with van der Waals surface area (Å²) in [5.41, 5.74) is 3.50. The van der Waals surface area contributed by atoms with Gasteiger partial charge < -0.3 is 14.8 Å². The standard InChI is InChI=1S/C27H24FN5O3/c28-23-9-8-19(33(35)36)15-21(23)18-5-3-4-17(14-18)20-16-22(20)26(34)31-10-12-32(13-11-31)27-29-24-6-1-2-7-25(24)30-27/h1-9,14-15,20,22H,10-13,16H2,(H,29,30). The van der Waals surface area contributed by atoms with Crippen LogP contribution in [0.1, 0.15) is 17.9 Å². The van der Waals surface area contributed by atoms with Gasteiger partial charge in [-0.1, -0.05) is 36.4 Å². The maximum absolute atomic E-state index is 14.4. The van der Waals surface area contributed by atoms with Crippen LogP contribution in [-0.2, 0) is 4.79 Å². The quantitative estimate of drug-likeness (QED) is 0.326. The molecule has 182 valence electrons. The fraction of sp³-hybridized carbons (Fsp3) is 0.259. The number of nitrogens with zero attached hydrogens (tertiary/aromatic N) is 4. The smallest absolute Gasteiger partial charge is 0.270 e. The van der Waals surface area contributed by atoms with Crippen LogP contribution in [0.4, 0.5) is 16.0 Å². The van der Waals surface area contributed by atoms with Crippen LogP contribution in [0.25, 0.3) is 22.2 Å². The van der Waals surface area contributed by atoms with Crippen molar-refractivity contribution >= 4 is 28.6 Å². The van der Waals surface area contributed by atoms with Gasteiger partial charge in [-0.15, -0.1) is 0 Å². The molecular formula is C27H24FN5O3. The maximum Gasteiger partial charge on any atom is 0.270 e. The third-order valence-corrected chi connectivity index (χ3v) is 7.16. The lowest BCUT2D eigenvalue weighted by Crippen LogP contribution is -2.49. The summed E-state index contributed by atoms with van der Waals surface area (Å²) < 4.78 is 14.4. The van der Waals surface area contributed by atoms with E-state index in [0.717, 1.165) is 41.1 Å². The molecule has 1 amide bonds. The van der Waals surface area contributed by atoms with Crippen molar-refractivity contribution in [2.45, 2.75) is 12.3 Å². The van der Waals surface area contributed by atoms with E-state index in [9.17, 15) is 19.3 Å². The van der Waals surface area contributed by atoms with Crippen molar-refractivity contribution in [3.8, 4) is 11.1 Å². The normalized spacial score (nSPS) is 19.5. The number of benzene rings is 3. The number of anilines is 1. The molecule has 1 aromatic heterocycles. The Balaban J connectivity index is 1.11. The highest BCUT2D eigenvalue weighted by molar-refractivity contribution is 5.84. The summed E-state index contributed by atoms with van der Waals surface area (Å²) in [6.45, 7) is 2.70. The Hall–Kier alpha value is -4.27. The van der Waals surface area contributed by atoms with E-state index >= 15 is 0 Å². The van der Waals surface area contributed by atoms with Crippen LogP contribution in [0.15, 0.2) is 66.7 Å². The first-order valence-corrected chi connectivity index (χ1v) is 12.0. The first-order chi connectivity index (χ1) is 17.5. The lowest BCUT2D eigenvalue weighted by atomic mass is 9.99. The minimum absolute atomic E-state index is 0.0765. The van der Waals surface area contributed by atoms with Crippen LogP contribution in [0.5, 0.6) is 0 Å². The molecule has 0 radical (unpaired) electrons. The molecule has 1 aliphatic heterocycles. The number of aromatic amines is 1. The SMILES string of the molecule is O=C(C1CC1c1cccc(-c2cc([N+](=O)[O-])ccc2F)c1)N1CCN(c2nc3ccccc3[nH]2)CC1. The van der Waals surface area contributed by atoms with Crippen LogP contribution in [0.3, 0.4) is 0 Å². The molecule has 2 aliphatic rings. The Morgan fingerprint density at radius 2 is 1.83 bits per heavy atom. The second-order valence-corrected chi connectivity index (χ2v) is 9.39. The molecule has 2 heterocycles. The number of rotatable bonds is 5. The fourth-order valence-corrected chi connectivity index (χ4v) is 5.08. The highest BCUT2D eigenvalue weighted by Crippen LogP contribution is 2.49. The second-order valence-electron chi connectivity index (χ2n) is 9.39. The van der Waals surface area contributed by atoms with E-state index in [0.29, 0.717) is 31.7 Å². The van der Waals surface area contributed by atoms with Gasteiger partial charge in [0.15, 0.2) is 0 Å². The van der Waals surface area contributed by atoms with E-state index in [4.69, 9.17) is 0 Å². The first-order valence-electron chi connectivity index (χ1n) is 12.0. The second kappa shape index (κ2) is 8.75. The topological polar surface area (TPSA) is 95.4 Å². The summed E-state index contributed by atoms with van der Waals surface area (Å²) in [7, 11) is 0. The average molecular weight is 486 g/mol. The molecule has 2 fully saturated rings. The Kier molecular flexibility index (Phi) is 5.40. The van der Waals surface area contributed by atoms with Crippen molar-refractivity contribution in [2.24, 2.45) is 5.92 Å². The minimum atomic E-state index is -0.531. The van der Waals surface area contributed by atoms with Crippen molar-refractivity contribution in [1.29, 1.82) is 0 Å². The number of carbonyl (C=O) groups excluding carboxylic acids is 1. The lowest BCUT2D eigenvalue weighted by Gasteiger charge is -2.34. The molecule has 0 bridgehead atoms. The number of non-ortho nitro benzene ring substituents is 1. The van der Waals surface area contributed by atoms with E-state index in [1.165, 1.54) is 6.07 Å². The number of carbonyl (C=O) groups is 1. The third kappa shape index (κ3) is 4.06. The summed E-state index contributed by atoms with van der Waals surface area (Å²) in [5.74, 6) is 0.457. The number of H-pyrrole nitrogens is 1. The largest absolute Gasteiger partial charge is 0.339 e. The predicted molar refractivity (Wildman–Crippen MR) is 134 cm³/mol. The molecule has 36 heavy (non-hydrogen) atoms. The molecule has 0 spiro atoms. The van der Waals surface area contributed by atoms with Crippen molar-refractivity contribution in [1.82, 2.24) is 14.9 Å². The first kappa shape index (κ1) is 22.2. The van der Waals surface area contributed by atoms with Crippen molar-refractivity contribution in [3.63, 3.8) is 0 Å². The number of fused-ring (bicyclic) bond motifs is 1. The molecule has 4 aromatic rings. The summed E-state index contributed by atoms with van der Waals surface area (Å²) in [5, 5.41) is 11.1. The van der Waals surface area contributed by atoms with E-state index in [2.05, 4.69) is 14.9 Å². The van der Waals surface area contributed by atoms with Crippen LogP contribution >= 0.6 is 0 Å². The average Bonchev–Trinajstić information content (AvgIpc) is 3.59. The molecule has 1 saturated carbocycles. The number of halogens is 1. The number of amides is 1. The van der Waals surface area contributed by atoms with Crippen LogP contribution in [-0.4, -0.2) is 51.9 Å². The number of para-hydroxylation sites is 2. The van der Waals surface area contributed by atoms with Crippen LogP contribution < -0.4 is 4.90 Å². The van der Waals surface area contributed by atoms with Crippen LogP contribution in [0, 0.1) is 21.8 Å². The monoisotopic (exact) mass is 485 g/mol.